The van der Waals surface area contributed by atoms with Crippen LogP contribution in [0.4, 0.5) is 0 Å². The SMILES string of the molecule is C=C[C@]1(OC(=O)C(C)C)C=CCC[C@H]1OCOC. The van der Waals surface area contributed by atoms with Gasteiger partial charge in [0.05, 0.1) is 5.92 Å². The first kappa shape index (κ1) is 14.9. The van der Waals surface area contributed by atoms with Gasteiger partial charge in [0.15, 0.2) is 5.60 Å². The Kier molecular flexibility index (Phi) is 5.56. The number of carbonyl (C=O) groups is 1. The predicted molar refractivity (Wildman–Crippen MR) is 69.0 cm³/mol. The monoisotopic (exact) mass is 254 g/mol. The van der Waals surface area contributed by atoms with Crippen LogP contribution in [0.2, 0.25) is 0 Å². The van der Waals surface area contributed by atoms with Gasteiger partial charge in [-0.3, -0.25) is 4.79 Å². The zero-order chi connectivity index (χ0) is 13.6. The molecule has 0 fully saturated rings. The van der Waals surface area contributed by atoms with E-state index in [0.29, 0.717) is 0 Å². The van der Waals surface area contributed by atoms with Gasteiger partial charge in [0, 0.05) is 7.11 Å². The maximum atomic E-state index is 11.8. The molecule has 0 aromatic heterocycles. The highest BCUT2D eigenvalue weighted by Gasteiger charge is 2.40. The first-order valence-electron chi connectivity index (χ1n) is 6.20. The van der Waals surface area contributed by atoms with Gasteiger partial charge in [0.25, 0.3) is 0 Å². The molecule has 4 nitrogen and oxygen atoms in total. The molecule has 2 atom stereocenters. The molecule has 0 saturated carbocycles. The van der Waals surface area contributed by atoms with Gasteiger partial charge in [-0.1, -0.05) is 26.5 Å². The van der Waals surface area contributed by atoms with Crippen molar-refractivity contribution >= 4 is 5.97 Å². The fourth-order valence-electron chi connectivity index (χ4n) is 1.84. The molecule has 1 rings (SSSR count). The smallest absolute Gasteiger partial charge is 0.309 e. The molecule has 102 valence electrons. The second-order valence-electron chi connectivity index (χ2n) is 4.68. The molecule has 1 aliphatic rings. The first-order valence-corrected chi connectivity index (χ1v) is 6.20. The van der Waals surface area contributed by atoms with Gasteiger partial charge >= 0.3 is 5.97 Å². The predicted octanol–water partition coefficient (Wildman–Crippen LogP) is 2.45. The third-order valence-electron chi connectivity index (χ3n) is 2.93. The second kappa shape index (κ2) is 6.71. The summed E-state index contributed by atoms with van der Waals surface area (Å²) in [5.74, 6) is -0.437. The van der Waals surface area contributed by atoms with Crippen molar-refractivity contribution in [3.63, 3.8) is 0 Å². The quantitative estimate of drug-likeness (QED) is 0.415. The van der Waals surface area contributed by atoms with Gasteiger partial charge in [0.2, 0.25) is 0 Å². The second-order valence-corrected chi connectivity index (χ2v) is 4.68. The molecular formula is C14H22O4. The van der Waals surface area contributed by atoms with Crippen molar-refractivity contribution < 1.29 is 19.0 Å². The standard InChI is InChI=1S/C14H22O4/c1-5-14(18-13(15)11(2)3)9-7-6-8-12(14)17-10-16-4/h5,7,9,11-12H,1,6,8,10H2,2-4H3/t12-,14+/m1/s1. The van der Waals surface area contributed by atoms with E-state index in [1.807, 2.05) is 12.2 Å². The summed E-state index contributed by atoms with van der Waals surface area (Å²) in [6.07, 6.45) is 6.89. The minimum absolute atomic E-state index is 0.174. The molecule has 1 aliphatic carbocycles. The lowest BCUT2D eigenvalue weighted by atomic mass is 9.87. The van der Waals surface area contributed by atoms with E-state index >= 15 is 0 Å². The van der Waals surface area contributed by atoms with Gasteiger partial charge < -0.3 is 14.2 Å². The zero-order valence-corrected chi connectivity index (χ0v) is 11.3. The number of esters is 1. The number of rotatable bonds is 6. The molecule has 0 bridgehead atoms. The fraction of sp³-hybridized carbons (Fsp3) is 0.643. The van der Waals surface area contributed by atoms with Gasteiger partial charge in [-0.05, 0) is 25.0 Å². The van der Waals surface area contributed by atoms with E-state index in [0.717, 1.165) is 12.8 Å². The normalized spacial score (nSPS) is 27.2. The largest absolute Gasteiger partial charge is 0.448 e. The lowest BCUT2D eigenvalue weighted by Crippen LogP contribution is -2.47. The summed E-state index contributed by atoms with van der Waals surface area (Å²) in [7, 11) is 1.56. The summed E-state index contributed by atoms with van der Waals surface area (Å²) < 4.78 is 16.1. The molecule has 0 radical (unpaired) electrons. The summed E-state index contributed by atoms with van der Waals surface area (Å²) in [6.45, 7) is 7.56. The topological polar surface area (TPSA) is 44.8 Å². The zero-order valence-electron chi connectivity index (χ0n) is 11.3. The summed E-state index contributed by atoms with van der Waals surface area (Å²) >= 11 is 0. The van der Waals surface area contributed by atoms with Crippen LogP contribution < -0.4 is 0 Å². The van der Waals surface area contributed by atoms with Crippen LogP contribution in [-0.4, -0.2) is 31.6 Å². The van der Waals surface area contributed by atoms with Crippen LogP contribution in [0.3, 0.4) is 0 Å². The van der Waals surface area contributed by atoms with Crippen LogP contribution in [0.15, 0.2) is 24.8 Å². The van der Waals surface area contributed by atoms with Gasteiger partial charge in [-0.25, -0.2) is 0 Å². The highest BCUT2D eigenvalue weighted by molar-refractivity contribution is 5.72. The lowest BCUT2D eigenvalue weighted by Gasteiger charge is -2.37. The highest BCUT2D eigenvalue weighted by atomic mass is 16.7. The van der Waals surface area contributed by atoms with Crippen molar-refractivity contribution in [2.24, 2.45) is 5.92 Å². The number of hydrogen-bond donors (Lipinski definition) is 0. The van der Waals surface area contributed by atoms with Gasteiger partial charge in [0.1, 0.15) is 12.9 Å². The van der Waals surface area contributed by atoms with Crippen LogP contribution in [0.1, 0.15) is 26.7 Å². The number of allylic oxidation sites excluding steroid dienone is 1. The molecule has 0 N–H and O–H groups in total. The average molecular weight is 254 g/mol. The van der Waals surface area contributed by atoms with Gasteiger partial charge in [-0.2, -0.15) is 0 Å². The number of ether oxygens (including phenoxy) is 3. The maximum absolute atomic E-state index is 11.8. The van der Waals surface area contributed by atoms with E-state index in [1.165, 1.54) is 0 Å². The molecule has 0 aromatic carbocycles. The van der Waals surface area contributed by atoms with E-state index in [4.69, 9.17) is 14.2 Å². The molecule has 18 heavy (non-hydrogen) atoms. The van der Waals surface area contributed by atoms with Crippen molar-refractivity contribution in [2.45, 2.75) is 38.4 Å². The van der Waals surface area contributed by atoms with E-state index < -0.39 is 5.60 Å². The van der Waals surface area contributed by atoms with Crippen molar-refractivity contribution in [3.05, 3.63) is 24.8 Å². The minimum Gasteiger partial charge on any atom is -0.448 e. The molecule has 0 heterocycles. The third kappa shape index (κ3) is 3.43. The van der Waals surface area contributed by atoms with Crippen molar-refractivity contribution in [1.82, 2.24) is 0 Å². The van der Waals surface area contributed by atoms with Crippen molar-refractivity contribution in [3.8, 4) is 0 Å². The molecule has 0 saturated heterocycles. The Labute approximate surface area is 109 Å². The molecule has 0 unspecified atom stereocenters. The van der Waals surface area contributed by atoms with Crippen LogP contribution in [0.5, 0.6) is 0 Å². The Bertz CT molecular complexity index is 322. The highest BCUT2D eigenvalue weighted by Crippen LogP contribution is 2.31. The molecule has 0 aromatic rings. The summed E-state index contributed by atoms with van der Waals surface area (Å²) in [4.78, 5) is 11.8. The minimum atomic E-state index is -0.877. The Morgan fingerprint density at radius 1 is 1.61 bits per heavy atom. The molecular weight excluding hydrogens is 232 g/mol. The molecule has 0 spiro atoms. The molecule has 4 heteroatoms. The van der Waals surface area contributed by atoms with E-state index in [-0.39, 0.29) is 24.8 Å². The summed E-state index contributed by atoms with van der Waals surface area (Å²) in [5, 5.41) is 0. The fourth-order valence-corrected chi connectivity index (χ4v) is 1.84. The Hall–Kier alpha value is -1.13. The number of hydrogen-bond acceptors (Lipinski definition) is 4. The Morgan fingerprint density at radius 3 is 2.89 bits per heavy atom. The van der Waals surface area contributed by atoms with Crippen LogP contribution >= 0.6 is 0 Å². The number of carbonyl (C=O) groups excluding carboxylic acids is 1. The van der Waals surface area contributed by atoms with Crippen molar-refractivity contribution in [1.29, 1.82) is 0 Å². The van der Waals surface area contributed by atoms with E-state index in [2.05, 4.69) is 6.58 Å². The number of methoxy groups -OCH3 is 1. The first-order chi connectivity index (χ1) is 8.55. The summed E-state index contributed by atoms with van der Waals surface area (Å²) in [6, 6.07) is 0. The van der Waals surface area contributed by atoms with Gasteiger partial charge in [-0.15, -0.1) is 0 Å². The Morgan fingerprint density at radius 2 is 2.33 bits per heavy atom. The van der Waals surface area contributed by atoms with E-state index in [1.54, 1.807) is 27.0 Å². The van der Waals surface area contributed by atoms with Crippen LogP contribution in [0, 0.1) is 5.92 Å². The Balaban J connectivity index is 2.85. The molecule has 0 amide bonds. The van der Waals surface area contributed by atoms with Crippen LogP contribution in [-0.2, 0) is 19.0 Å². The van der Waals surface area contributed by atoms with Crippen molar-refractivity contribution in [2.75, 3.05) is 13.9 Å². The maximum Gasteiger partial charge on any atom is 0.309 e. The van der Waals surface area contributed by atoms with E-state index in [9.17, 15) is 4.79 Å². The van der Waals surface area contributed by atoms with Crippen LogP contribution in [0.25, 0.3) is 0 Å². The average Bonchev–Trinajstić information content (AvgIpc) is 2.37. The summed E-state index contributed by atoms with van der Waals surface area (Å²) in [5.41, 5.74) is -0.877. The molecule has 0 aliphatic heterocycles. The lowest BCUT2D eigenvalue weighted by molar-refractivity contribution is -0.177. The third-order valence-corrected chi connectivity index (χ3v) is 2.93.